The van der Waals surface area contributed by atoms with Crippen LogP contribution in [0.15, 0.2) is 30.9 Å². The van der Waals surface area contributed by atoms with Gasteiger partial charge in [0.15, 0.2) is 0 Å². The second kappa shape index (κ2) is 5.75. The molecule has 0 spiro atoms. The SMILES string of the molecule is CCc1cnccc1C(Cc1cnn(C)c1)NN. The fraction of sp³-hybridized carbons (Fsp3) is 0.385. The zero-order valence-electron chi connectivity index (χ0n) is 10.8. The van der Waals surface area contributed by atoms with Gasteiger partial charge in [-0.2, -0.15) is 5.10 Å². The van der Waals surface area contributed by atoms with E-state index in [0.717, 1.165) is 12.8 Å². The van der Waals surface area contributed by atoms with Crippen LogP contribution in [0, 0.1) is 0 Å². The van der Waals surface area contributed by atoms with E-state index in [9.17, 15) is 0 Å². The van der Waals surface area contributed by atoms with E-state index in [4.69, 9.17) is 5.84 Å². The van der Waals surface area contributed by atoms with Crippen LogP contribution in [-0.4, -0.2) is 14.8 Å². The molecule has 96 valence electrons. The maximum atomic E-state index is 5.69. The molecule has 1 unspecified atom stereocenters. The highest BCUT2D eigenvalue weighted by atomic mass is 15.2. The summed E-state index contributed by atoms with van der Waals surface area (Å²) >= 11 is 0. The van der Waals surface area contributed by atoms with Crippen LogP contribution in [0.2, 0.25) is 0 Å². The van der Waals surface area contributed by atoms with Crippen molar-refractivity contribution in [1.82, 2.24) is 20.2 Å². The number of hydrogen-bond acceptors (Lipinski definition) is 4. The minimum atomic E-state index is 0.0900. The van der Waals surface area contributed by atoms with Crippen LogP contribution in [0.1, 0.15) is 29.7 Å². The maximum absolute atomic E-state index is 5.69. The first-order valence-electron chi connectivity index (χ1n) is 6.11. The third kappa shape index (κ3) is 2.75. The van der Waals surface area contributed by atoms with E-state index in [1.807, 2.05) is 37.9 Å². The van der Waals surface area contributed by atoms with Crippen LogP contribution in [-0.2, 0) is 19.9 Å². The van der Waals surface area contributed by atoms with Crippen molar-refractivity contribution in [2.75, 3.05) is 0 Å². The van der Waals surface area contributed by atoms with E-state index in [-0.39, 0.29) is 6.04 Å². The first-order chi connectivity index (χ1) is 8.74. The number of nitrogens with zero attached hydrogens (tertiary/aromatic N) is 3. The van der Waals surface area contributed by atoms with Crippen molar-refractivity contribution < 1.29 is 0 Å². The van der Waals surface area contributed by atoms with Gasteiger partial charge in [0.25, 0.3) is 0 Å². The normalized spacial score (nSPS) is 12.6. The van der Waals surface area contributed by atoms with Crippen LogP contribution in [0.5, 0.6) is 0 Å². The highest BCUT2D eigenvalue weighted by molar-refractivity contribution is 5.28. The summed E-state index contributed by atoms with van der Waals surface area (Å²) in [5, 5.41) is 4.18. The third-order valence-electron chi connectivity index (χ3n) is 3.10. The molecular formula is C13H19N5. The van der Waals surface area contributed by atoms with Gasteiger partial charge in [0.1, 0.15) is 0 Å². The van der Waals surface area contributed by atoms with Gasteiger partial charge in [-0.25, -0.2) is 0 Å². The standard InChI is InChI=1S/C13H19N5/c1-3-11-8-15-5-4-12(11)13(17-14)6-10-7-16-18(2)9-10/h4-5,7-9,13,17H,3,6,14H2,1-2H3. The van der Waals surface area contributed by atoms with Gasteiger partial charge >= 0.3 is 0 Å². The van der Waals surface area contributed by atoms with Crippen molar-refractivity contribution in [3.8, 4) is 0 Å². The average Bonchev–Trinajstić information content (AvgIpc) is 2.81. The molecule has 2 heterocycles. The molecule has 2 rings (SSSR count). The van der Waals surface area contributed by atoms with Crippen LogP contribution in [0.3, 0.4) is 0 Å². The van der Waals surface area contributed by atoms with Gasteiger partial charge in [-0.15, -0.1) is 0 Å². The summed E-state index contributed by atoms with van der Waals surface area (Å²) in [6.07, 6.45) is 9.37. The number of rotatable bonds is 5. The molecule has 0 aliphatic rings. The zero-order chi connectivity index (χ0) is 13.0. The van der Waals surface area contributed by atoms with Crippen molar-refractivity contribution in [3.63, 3.8) is 0 Å². The number of nitrogens with one attached hydrogen (secondary N) is 1. The molecular weight excluding hydrogens is 226 g/mol. The summed E-state index contributed by atoms with van der Waals surface area (Å²) in [4.78, 5) is 4.16. The average molecular weight is 245 g/mol. The van der Waals surface area contributed by atoms with E-state index < -0.39 is 0 Å². The van der Waals surface area contributed by atoms with Gasteiger partial charge < -0.3 is 0 Å². The Labute approximate surface area is 107 Å². The summed E-state index contributed by atoms with van der Waals surface area (Å²) in [6.45, 7) is 2.12. The molecule has 0 fully saturated rings. The number of aryl methyl sites for hydroxylation is 2. The lowest BCUT2D eigenvalue weighted by atomic mass is 9.97. The Morgan fingerprint density at radius 1 is 1.44 bits per heavy atom. The Bertz CT molecular complexity index is 506. The van der Waals surface area contributed by atoms with Gasteiger partial charge in [-0.1, -0.05) is 6.92 Å². The molecule has 0 aromatic carbocycles. The molecule has 5 heteroatoms. The summed E-state index contributed by atoms with van der Waals surface area (Å²) in [5.41, 5.74) is 6.49. The fourth-order valence-corrected chi connectivity index (χ4v) is 2.14. The van der Waals surface area contributed by atoms with E-state index in [1.165, 1.54) is 16.7 Å². The first-order valence-corrected chi connectivity index (χ1v) is 6.11. The molecule has 1 atom stereocenters. The molecule has 0 radical (unpaired) electrons. The highest BCUT2D eigenvalue weighted by Crippen LogP contribution is 2.21. The van der Waals surface area contributed by atoms with Gasteiger partial charge in [-0.3, -0.25) is 20.9 Å². The van der Waals surface area contributed by atoms with Crippen LogP contribution < -0.4 is 11.3 Å². The quantitative estimate of drug-likeness (QED) is 0.612. The molecule has 18 heavy (non-hydrogen) atoms. The fourth-order valence-electron chi connectivity index (χ4n) is 2.14. The molecule has 2 aromatic heterocycles. The monoisotopic (exact) mass is 245 g/mol. The number of aromatic nitrogens is 3. The first kappa shape index (κ1) is 12.7. The summed E-state index contributed by atoms with van der Waals surface area (Å²) in [5.74, 6) is 5.69. The largest absolute Gasteiger partial charge is 0.276 e. The van der Waals surface area contributed by atoms with Crippen LogP contribution >= 0.6 is 0 Å². The molecule has 0 amide bonds. The molecule has 2 aromatic rings. The second-order valence-corrected chi connectivity index (χ2v) is 4.37. The van der Waals surface area contributed by atoms with Crippen LogP contribution in [0.25, 0.3) is 0 Å². The van der Waals surface area contributed by atoms with Gasteiger partial charge in [0.05, 0.1) is 12.2 Å². The predicted octanol–water partition coefficient (Wildman–Crippen LogP) is 1.12. The van der Waals surface area contributed by atoms with Gasteiger partial charge in [0.2, 0.25) is 0 Å². The number of hydrazine groups is 1. The van der Waals surface area contributed by atoms with E-state index in [0.29, 0.717) is 0 Å². The predicted molar refractivity (Wildman–Crippen MR) is 70.6 cm³/mol. The summed E-state index contributed by atoms with van der Waals surface area (Å²) < 4.78 is 1.80. The highest BCUT2D eigenvalue weighted by Gasteiger charge is 2.14. The summed E-state index contributed by atoms with van der Waals surface area (Å²) in [6, 6.07) is 2.12. The van der Waals surface area contributed by atoms with Crippen molar-refractivity contribution in [2.45, 2.75) is 25.8 Å². The Kier molecular flexibility index (Phi) is 4.07. The van der Waals surface area contributed by atoms with Crippen LogP contribution in [0.4, 0.5) is 0 Å². The number of nitrogens with two attached hydrogens (primary N) is 1. The van der Waals surface area contributed by atoms with E-state index in [2.05, 4.69) is 22.4 Å². The Morgan fingerprint density at radius 2 is 2.28 bits per heavy atom. The Balaban J connectivity index is 2.22. The molecule has 0 aliphatic carbocycles. The van der Waals surface area contributed by atoms with E-state index >= 15 is 0 Å². The van der Waals surface area contributed by atoms with Crippen molar-refractivity contribution in [3.05, 3.63) is 47.5 Å². The van der Waals surface area contributed by atoms with Gasteiger partial charge in [-0.05, 0) is 35.6 Å². The van der Waals surface area contributed by atoms with Gasteiger partial charge in [0, 0.05) is 25.6 Å². The Hall–Kier alpha value is -1.72. The zero-order valence-corrected chi connectivity index (χ0v) is 10.8. The molecule has 0 saturated heterocycles. The topological polar surface area (TPSA) is 68.8 Å². The number of hydrogen-bond donors (Lipinski definition) is 2. The van der Waals surface area contributed by atoms with Crippen molar-refractivity contribution in [1.29, 1.82) is 0 Å². The molecule has 0 bridgehead atoms. The molecule has 3 N–H and O–H groups in total. The minimum absolute atomic E-state index is 0.0900. The van der Waals surface area contributed by atoms with E-state index in [1.54, 1.807) is 4.68 Å². The molecule has 0 aliphatic heterocycles. The van der Waals surface area contributed by atoms with Crippen molar-refractivity contribution in [2.24, 2.45) is 12.9 Å². The third-order valence-corrected chi connectivity index (χ3v) is 3.10. The second-order valence-electron chi connectivity index (χ2n) is 4.37. The molecule has 0 saturated carbocycles. The lowest BCUT2D eigenvalue weighted by Crippen LogP contribution is -2.30. The lowest BCUT2D eigenvalue weighted by molar-refractivity contribution is 0.547. The van der Waals surface area contributed by atoms with Crippen molar-refractivity contribution >= 4 is 0 Å². The summed E-state index contributed by atoms with van der Waals surface area (Å²) in [7, 11) is 1.91. The Morgan fingerprint density at radius 3 is 2.89 bits per heavy atom. The maximum Gasteiger partial charge on any atom is 0.0522 e. The lowest BCUT2D eigenvalue weighted by Gasteiger charge is -2.18. The molecule has 5 nitrogen and oxygen atoms in total. The minimum Gasteiger partial charge on any atom is -0.276 e. The smallest absolute Gasteiger partial charge is 0.0522 e. The number of pyridine rings is 1.